The molecule has 1 aliphatic carbocycles. The minimum absolute atomic E-state index is 0.0352. The molecular weight excluding hydrogens is 344 g/mol. The molecule has 8 nitrogen and oxygen atoms in total. The second kappa shape index (κ2) is 7.64. The summed E-state index contributed by atoms with van der Waals surface area (Å²) in [4.78, 5) is 14.6. The monoisotopic (exact) mass is 370 g/mol. The van der Waals surface area contributed by atoms with E-state index in [1.165, 1.54) is 12.8 Å². The molecule has 1 aromatic heterocycles. The van der Waals surface area contributed by atoms with Gasteiger partial charge in [0.15, 0.2) is 0 Å². The number of ether oxygens (including phenoxy) is 1. The molecule has 144 valence electrons. The van der Waals surface area contributed by atoms with Crippen LogP contribution >= 0.6 is 0 Å². The van der Waals surface area contributed by atoms with Crippen molar-refractivity contribution in [1.82, 2.24) is 20.6 Å². The molecule has 1 unspecified atom stereocenters. The molecular formula is C19H26N6O2. The van der Waals surface area contributed by atoms with E-state index in [-0.39, 0.29) is 18.1 Å². The van der Waals surface area contributed by atoms with Gasteiger partial charge in [0.1, 0.15) is 0 Å². The lowest BCUT2D eigenvalue weighted by atomic mass is 10.1. The molecule has 0 bridgehead atoms. The maximum absolute atomic E-state index is 12.3. The molecule has 8 heteroatoms. The number of aromatic nitrogens is 4. The highest BCUT2D eigenvalue weighted by Crippen LogP contribution is 2.34. The van der Waals surface area contributed by atoms with Gasteiger partial charge in [-0.2, -0.15) is 5.21 Å². The van der Waals surface area contributed by atoms with E-state index in [4.69, 9.17) is 4.74 Å². The average Bonchev–Trinajstić information content (AvgIpc) is 3.31. The number of carbonyl (C=O) groups excluding carboxylic acids is 1. The van der Waals surface area contributed by atoms with Gasteiger partial charge in [-0.15, -0.1) is 10.2 Å². The molecule has 2 fully saturated rings. The van der Waals surface area contributed by atoms with Crippen molar-refractivity contribution in [2.45, 2.75) is 51.7 Å². The lowest BCUT2D eigenvalue weighted by molar-refractivity contribution is -0.116. The Labute approximate surface area is 158 Å². The molecule has 2 aromatic rings. The minimum atomic E-state index is 0.0352. The number of H-pyrrole nitrogens is 1. The number of amides is 1. The third-order valence-corrected chi connectivity index (χ3v) is 5.12. The Morgan fingerprint density at radius 3 is 2.74 bits per heavy atom. The van der Waals surface area contributed by atoms with Gasteiger partial charge >= 0.3 is 0 Å². The number of nitrogens with one attached hydrogen (secondary N) is 2. The van der Waals surface area contributed by atoms with Crippen molar-refractivity contribution in [3.05, 3.63) is 18.2 Å². The van der Waals surface area contributed by atoms with Crippen LogP contribution in [0.15, 0.2) is 18.2 Å². The number of aromatic amines is 1. The molecule has 1 aromatic carbocycles. The highest BCUT2D eigenvalue weighted by atomic mass is 16.5. The van der Waals surface area contributed by atoms with Crippen LogP contribution in [0.4, 0.5) is 11.4 Å². The molecule has 2 N–H and O–H groups in total. The van der Waals surface area contributed by atoms with Gasteiger partial charge in [0.2, 0.25) is 11.7 Å². The Morgan fingerprint density at radius 2 is 2.07 bits per heavy atom. The van der Waals surface area contributed by atoms with E-state index in [1.54, 1.807) is 0 Å². The van der Waals surface area contributed by atoms with Crippen LogP contribution in [-0.4, -0.2) is 51.8 Å². The Morgan fingerprint density at radius 1 is 1.30 bits per heavy atom. The summed E-state index contributed by atoms with van der Waals surface area (Å²) in [6, 6.07) is 5.98. The fourth-order valence-electron chi connectivity index (χ4n) is 3.64. The molecule has 4 rings (SSSR count). The van der Waals surface area contributed by atoms with Gasteiger partial charge in [-0.25, -0.2) is 0 Å². The number of carbonyl (C=O) groups is 1. The summed E-state index contributed by atoms with van der Waals surface area (Å²) in [5.74, 6) is 1.25. The molecule has 27 heavy (non-hydrogen) atoms. The number of hydrogen-bond acceptors (Lipinski definition) is 6. The smallest absolute Gasteiger partial charge is 0.224 e. The fraction of sp³-hybridized carbons (Fsp3) is 0.579. The molecule has 2 aliphatic rings. The van der Waals surface area contributed by atoms with Crippen molar-refractivity contribution in [3.8, 4) is 11.4 Å². The highest BCUT2D eigenvalue weighted by Gasteiger charge is 2.25. The summed E-state index contributed by atoms with van der Waals surface area (Å²) in [5.41, 5.74) is 2.55. The first-order valence-electron chi connectivity index (χ1n) is 9.66. The predicted octanol–water partition coefficient (Wildman–Crippen LogP) is 2.61. The van der Waals surface area contributed by atoms with Crippen LogP contribution in [0, 0.1) is 5.92 Å². The van der Waals surface area contributed by atoms with E-state index in [0.717, 1.165) is 42.4 Å². The lowest BCUT2D eigenvalue weighted by Crippen LogP contribution is -2.45. The topological polar surface area (TPSA) is 96.0 Å². The molecule has 0 radical (unpaired) electrons. The zero-order valence-corrected chi connectivity index (χ0v) is 15.8. The number of hydrogen-bond donors (Lipinski definition) is 2. The van der Waals surface area contributed by atoms with Crippen LogP contribution in [-0.2, 0) is 9.53 Å². The standard InChI is InChI=1S/C19H26N6O2/c1-12-10-25(11-13(2)27-12)15-6-7-17(16(9-15)19-21-23-24-22-19)20-18(26)8-5-14-3-4-14/h6-7,9,12-14H,3-5,8,10-11H2,1-2H3,(H,20,26)(H,21,22,23,24)/t12-,13?/m0/s1. The summed E-state index contributed by atoms with van der Waals surface area (Å²) >= 11 is 0. The molecule has 0 spiro atoms. The molecule has 2 atom stereocenters. The highest BCUT2D eigenvalue weighted by molar-refractivity contribution is 5.95. The molecule has 1 amide bonds. The van der Waals surface area contributed by atoms with Crippen molar-refractivity contribution in [2.75, 3.05) is 23.3 Å². The zero-order valence-electron chi connectivity index (χ0n) is 15.8. The number of nitrogens with zero attached hydrogens (tertiary/aromatic N) is 4. The molecule has 1 saturated heterocycles. The van der Waals surface area contributed by atoms with Gasteiger partial charge in [0, 0.05) is 30.8 Å². The number of anilines is 2. The average molecular weight is 370 g/mol. The van der Waals surface area contributed by atoms with E-state index in [0.29, 0.717) is 12.2 Å². The number of benzene rings is 1. The van der Waals surface area contributed by atoms with Gasteiger partial charge in [-0.3, -0.25) is 4.79 Å². The second-order valence-corrected chi connectivity index (χ2v) is 7.66. The fourth-order valence-corrected chi connectivity index (χ4v) is 3.64. The zero-order chi connectivity index (χ0) is 18.8. The Bertz CT molecular complexity index is 780. The molecule has 2 heterocycles. The first-order chi connectivity index (χ1) is 13.1. The predicted molar refractivity (Wildman–Crippen MR) is 102 cm³/mol. The van der Waals surface area contributed by atoms with Gasteiger partial charge < -0.3 is 15.0 Å². The van der Waals surface area contributed by atoms with E-state index in [9.17, 15) is 4.79 Å². The number of tetrazole rings is 1. The van der Waals surface area contributed by atoms with Crippen molar-refractivity contribution >= 4 is 17.3 Å². The minimum Gasteiger partial charge on any atom is -0.372 e. The van der Waals surface area contributed by atoms with Crippen LogP contribution < -0.4 is 10.2 Å². The Balaban J connectivity index is 1.56. The maximum atomic E-state index is 12.3. The largest absolute Gasteiger partial charge is 0.372 e. The summed E-state index contributed by atoms with van der Waals surface area (Å²) in [6.45, 7) is 5.81. The maximum Gasteiger partial charge on any atom is 0.224 e. The summed E-state index contributed by atoms with van der Waals surface area (Å²) in [7, 11) is 0. The van der Waals surface area contributed by atoms with Crippen molar-refractivity contribution in [2.24, 2.45) is 5.92 Å². The van der Waals surface area contributed by atoms with E-state index in [2.05, 4.69) is 44.7 Å². The number of morpholine rings is 1. The quantitative estimate of drug-likeness (QED) is 0.811. The van der Waals surface area contributed by atoms with Gasteiger partial charge in [-0.05, 0) is 49.6 Å². The summed E-state index contributed by atoms with van der Waals surface area (Å²) in [6.07, 6.45) is 4.37. The Kier molecular flexibility index (Phi) is 5.07. The SMILES string of the molecule is CC1CN(c2ccc(NC(=O)CCC3CC3)c(-c3nn[nH]n3)c2)C[C@H](C)O1. The third kappa shape index (κ3) is 4.44. The van der Waals surface area contributed by atoms with Crippen LogP contribution in [0.5, 0.6) is 0 Å². The normalized spacial score (nSPS) is 22.7. The first kappa shape index (κ1) is 17.9. The van der Waals surface area contributed by atoms with Crippen molar-refractivity contribution in [1.29, 1.82) is 0 Å². The van der Waals surface area contributed by atoms with Crippen LogP contribution in [0.1, 0.15) is 39.5 Å². The first-order valence-corrected chi connectivity index (χ1v) is 9.66. The molecule has 1 aliphatic heterocycles. The van der Waals surface area contributed by atoms with Crippen LogP contribution in [0.2, 0.25) is 0 Å². The van der Waals surface area contributed by atoms with Gasteiger partial charge in [-0.1, -0.05) is 12.8 Å². The van der Waals surface area contributed by atoms with Gasteiger partial charge in [0.05, 0.1) is 17.9 Å². The van der Waals surface area contributed by atoms with E-state index < -0.39 is 0 Å². The summed E-state index contributed by atoms with van der Waals surface area (Å²) in [5, 5.41) is 17.4. The Hall–Kier alpha value is -2.48. The third-order valence-electron chi connectivity index (χ3n) is 5.12. The second-order valence-electron chi connectivity index (χ2n) is 7.66. The summed E-state index contributed by atoms with van der Waals surface area (Å²) < 4.78 is 5.83. The van der Waals surface area contributed by atoms with Crippen LogP contribution in [0.25, 0.3) is 11.4 Å². The van der Waals surface area contributed by atoms with Crippen molar-refractivity contribution < 1.29 is 9.53 Å². The molecule has 1 saturated carbocycles. The van der Waals surface area contributed by atoms with Crippen LogP contribution in [0.3, 0.4) is 0 Å². The van der Waals surface area contributed by atoms with E-state index in [1.807, 2.05) is 18.2 Å². The van der Waals surface area contributed by atoms with Gasteiger partial charge in [0.25, 0.3) is 0 Å². The number of rotatable bonds is 6. The van der Waals surface area contributed by atoms with E-state index >= 15 is 0 Å². The van der Waals surface area contributed by atoms with Crippen molar-refractivity contribution in [3.63, 3.8) is 0 Å². The lowest BCUT2D eigenvalue weighted by Gasteiger charge is -2.37.